The summed E-state index contributed by atoms with van der Waals surface area (Å²) >= 11 is 1.63. The fourth-order valence-corrected chi connectivity index (χ4v) is 4.97. The number of thiazole rings is 1. The van der Waals surface area contributed by atoms with Gasteiger partial charge in [0.15, 0.2) is 0 Å². The number of carbonyl (C=O) groups excluding carboxylic acids is 2. The third kappa shape index (κ3) is 7.10. The van der Waals surface area contributed by atoms with Gasteiger partial charge >= 0.3 is 0 Å². The van der Waals surface area contributed by atoms with Gasteiger partial charge in [-0.05, 0) is 36.3 Å². The minimum Gasteiger partial charge on any atom is -0.400 e. The molecule has 2 amide bonds. The molecule has 188 valence electrons. The predicted octanol–water partition coefficient (Wildman–Crippen LogP) is 3.75. The van der Waals surface area contributed by atoms with Crippen molar-refractivity contribution in [3.63, 3.8) is 0 Å². The van der Waals surface area contributed by atoms with E-state index in [0.717, 1.165) is 30.4 Å². The van der Waals surface area contributed by atoms with Crippen LogP contribution >= 0.6 is 11.3 Å². The first-order valence-electron chi connectivity index (χ1n) is 11.9. The van der Waals surface area contributed by atoms with Crippen LogP contribution in [0, 0.1) is 12.3 Å². The van der Waals surface area contributed by atoms with Crippen molar-refractivity contribution in [2.75, 3.05) is 13.7 Å². The van der Waals surface area contributed by atoms with Crippen molar-refractivity contribution in [2.24, 2.45) is 5.41 Å². The number of aromatic nitrogens is 1. The second kappa shape index (κ2) is 12.4. The maximum atomic E-state index is 13.4. The molecular weight excluding hydrogens is 448 g/mol. The average Bonchev–Trinajstić information content (AvgIpc) is 3.45. The molecule has 2 heterocycles. The van der Waals surface area contributed by atoms with Crippen LogP contribution in [0.4, 0.5) is 0 Å². The van der Waals surface area contributed by atoms with Crippen molar-refractivity contribution in [1.82, 2.24) is 20.5 Å². The molecule has 2 unspecified atom stereocenters. The van der Waals surface area contributed by atoms with E-state index in [-0.39, 0.29) is 29.3 Å². The number of hydrogen-bond acceptors (Lipinski definition) is 6. The van der Waals surface area contributed by atoms with Gasteiger partial charge in [-0.25, -0.2) is 4.98 Å². The Kier molecular flexibility index (Phi) is 10.2. The number of likely N-dealkylation sites (tertiary alicyclic amines) is 1. The van der Waals surface area contributed by atoms with Gasteiger partial charge in [-0.2, -0.15) is 0 Å². The smallest absolute Gasteiger partial charge is 0.243 e. The normalized spacial score (nSPS) is 16.7. The molecule has 1 aliphatic heterocycles. The fourth-order valence-electron chi connectivity index (χ4n) is 4.15. The van der Waals surface area contributed by atoms with Crippen molar-refractivity contribution >= 4 is 23.2 Å². The maximum Gasteiger partial charge on any atom is 0.243 e. The molecule has 1 saturated heterocycles. The second-order valence-electron chi connectivity index (χ2n) is 9.99. The van der Waals surface area contributed by atoms with E-state index in [2.05, 4.69) is 48.5 Å². The van der Waals surface area contributed by atoms with Crippen molar-refractivity contribution in [2.45, 2.75) is 79.1 Å². The van der Waals surface area contributed by atoms with Gasteiger partial charge in [0.2, 0.25) is 11.8 Å². The Hall–Kier alpha value is -2.29. The first kappa shape index (κ1) is 28.0. The van der Waals surface area contributed by atoms with Crippen LogP contribution in [0.25, 0.3) is 10.4 Å². The van der Waals surface area contributed by atoms with Crippen LogP contribution in [0.3, 0.4) is 0 Å². The van der Waals surface area contributed by atoms with Crippen molar-refractivity contribution in [1.29, 1.82) is 0 Å². The molecule has 0 bridgehead atoms. The first-order chi connectivity index (χ1) is 16.1. The lowest BCUT2D eigenvalue weighted by Gasteiger charge is -2.36. The van der Waals surface area contributed by atoms with Crippen LogP contribution in [0.15, 0.2) is 29.8 Å². The minimum atomic E-state index is -0.402. The van der Waals surface area contributed by atoms with E-state index < -0.39 is 6.04 Å². The number of hydrogen-bond donors (Lipinski definition) is 3. The zero-order valence-electron chi connectivity index (χ0n) is 21.5. The summed E-state index contributed by atoms with van der Waals surface area (Å²) in [5.41, 5.74) is 4.83. The van der Waals surface area contributed by atoms with E-state index >= 15 is 0 Å². The van der Waals surface area contributed by atoms with Crippen LogP contribution in [-0.4, -0.2) is 58.6 Å². The number of aliphatic hydroxyl groups excluding tert-OH is 1. The van der Waals surface area contributed by atoms with E-state index in [0.29, 0.717) is 19.5 Å². The Morgan fingerprint density at radius 3 is 2.38 bits per heavy atom. The molecular formula is C26H40N4O3S. The Balaban J connectivity index is 0.00000199. The lowest BCUT2D eigenvalue weighted by molar-refractivity contribution is -0.142. The third-order valence-corrected chi connectivity index (χ3v) is 6.86. The summed E-state index contributed by atoms with van der Waals surface area (Å²) in [5.74, 6) is -0.0523. The van der Waals surface area contributed by atoms with Crippen LogP contribution in [0.2, 0.25) is 0 Å². The summed E-state index contributed by atoms with van der Waals surface area (Å²) in [6.07, 6.45) is 1.56. The topological polar surface area (TPSA) is 94.6 Å². The lowest BCUT2D eigenvalue weighted by atomic mass is 9.85. The molecule has 7 nitrogen and oxygen atoms in total. The van der Waals surface area contributed by atoms with E-state index in [1.165, 1.54) is 4.88 Å². The van der Waals surface area contributed by atoms with Gasteiger partial charge < -0.3 is 20.6 Å². The van der Waals surface area contributed by atoms with Crippen molar-refractivity contribution in [3.05, 3.63) is 41.0 Å². The molecule has 2 atom stereocenters. The molecule has 1 fully saturated rings. The molecule has 0 aliphatic carbocycles. The molecule has 1 aromatic heterocycles. The van der Waals surface area contributed by atoms with Crippen molar-refractivity contribution in [3.8, 4) is 10.4 Å². The minimum absolute atomic E-state index is 0.0214. The zero-order valence-corrected chi connectivity index (χ0v) is 22.3. The number of rotatable bonds is 7. The van der Waals surface area contributed by atoms with Gasteiger partial charge in [-0.3, -0.25) is 9.59 Å². The highest BCUT2D eigenvalue weighted by Gasteiger charge is 2.41. The average molecular weight is 489 g/mol. The summed E-state index contributed by atoms with van der Waals surface area (Å²) in [6.45, 7) is 13.4. The Labute approximate surface area is 208 Å². The van der Waals surface area contributed by atoms with Crippen LogP contribution in [0.5, 0.6) is 0 Å². The Morgan fingerprint density at radius 1 is 1.21 bits per heavy atom. The molecule has 3 N–H and O–H groups in total. The fraction of sp³-hybridized carbons (Fsp3) is 0.577. The number of aliphatic hydroxyl groups is 1. The van der Waals surface area contributed by atoms with Gasteiger partial charge in [-0.1, -0.05) is 58.9 Å². The Bertz CT molecular complexity index is 934. The highest BCUT2D eigenvalue weighted by Crippen LogP contribution is 2.28. The van der Waals surface area contributed by atoms with Crippen LogP contribution in [-0.2, 0) is 16.1 Å². The van der Waals surface area contributed by atoms with E-state index in [9.17, 15) is 9.59 Å². The number of nitrogens with zero attached hydrogens (tertiary/aromatic N) is 2. The Morgan fingerprint density at radius 2 is 1.85 bits per heavy atom. The largest absolute Gasteiger partial charge is 0.400 e. The molecule has 8 heteroatoms. The van der Waals surface area contributed by atoms with E-state index in [1.807, 2.05) is 38.4 Å². The number of benzene rings is 1. The standard InChI is InChI=1S/C25H36N4O2S.CH4O/c1-16(2)28-22(25(4,5)6)24(31)29-13-7-8-20(29)23(30)26-14-18-9-11-19(12-10-18)21-17(3)27-15-32-21;1-2/h9-12,15-16,20,22,28H,7-8,13-14H2,1-6H3,(H,26,30);2H,1H3. The highest BCUT2D eigenvalue weighted by atomic mass is 32.1. The first-order valence-corrected chi connectivity index (χ1v) is 12.7. The van der Waals surface area contributed by atoms with Crippen LogP contribution < -0.4 is 10.6 Å². The highest BCUT2D eigenvalue weighted by molar-refractivity contribution is 7.13. The van der Waals surface area contributed by atoms with Gasteiger partial charge in [0.1, 0.15) is 6.04 Å². The monoisotopic (exact) mass is 488 g/mol. The van der Waals surface area contributed by atoms with Gasteiger partial charge in [0.25, 0.3) is 0 Å². The van der Waals surface area contributed by atoms with Gasteiger partial charge in [-0.15, -0.1) is 11.3 Å². The number of amides is 2. The van der Waals surface area contributed by atoms with Gasteiger partial charge in [0, 0.05) is 26.2 Å². The molecule has 3 rings (SSSR count). The van der Waals surface area contributed by atoms with Gasteiger partial charge in [0.05, 0.1) is 22.1 Å². The predicted molar refractivity (Wildman–Crippen MR) is 139 cm³/mol. The summed E-state index contributed by atoms with van der Waals surface area (Å²) in [6, 6.07) is 7.68. The SMILES string of the molecule is CO.Cc1ncsc1-c1ccc(CNC(=O)C2CCCN2C(=O)C(NC(C)C)C(C)(C)C)cc1. The number of nitrogens with one attached hydrogen (secondary N) is 2. The van der Waals surface area contributed by atoms with Crippen molar-refractivity contribution < 1.29 is 14.7 Å². The molecule has 0 saturated carbocycles. The molecule has 1 aromatic carbocycles. The molecule has 1 aliphatic rings. The van der Waals surface area contributed by atoms with E-state index in [4.69, 9.17) is 5.11 Å². The second-order valence-corrected chi connectivity index (χ2v) is 10.8. The molecule has 0 spiro atoms. The molecule has 34 heavy (non-hydrogen) atoms. The quantitative estimate of drug-likeness (QED) is 0.552. The molecule has 2 aromatic rings. The number of carbonyl (C=O) groups is 2. The van der Waals surface area contributed by atoms with Crippen LogP contribution in [0.1, 0.15) is 58.7 Å². The maximum absolute atomic E-state index is 13.4. The summed E-state index contributed by atoms with van der Waals surface area (Å²) in [4.78, 5) is 33.6. The number of aryl methyl sites for hydroxylation is 1. The lowest BCUT2D eigenvalue weighted by Crippen LogP contribution is -2.57. The van der Waals surface area contributed by atoms with E-state index in [1.54, 1.807) is 16.2 Å². The molecule has 0 radical (unpaired) electrons. The third-order valence-electron chi connectivity index (χ3n) is 5.88. The summed E-state index contributed by atoms with van der Waals surface area (Å²) < 4.78 is 0. The summed E-state index contributed by atoms with van der Waals surface area (Å²) in [7, 11) is 1.00. The zero-order chi connectivity index (χ0) is 25.5. The summed E-state index contributed by atoms with van der Waals surface area (Å²) in [5, 5.41) is 13.5.